The topological polar surface area (TPSA) is 64.0 Å². The molecule has 3 rings (SSSR count). The molecule has 0 aliphatic rings. The van der Waals surface area contributed by atoms with E-state index in [2.05, 4.69) is 10.3 Å². The maximum absolute atomic E-state index is 12.6. The van der Waals surface area contributed by atoms with Gasteiger partial charge < -0.3 is 5.32 Å². The highest BCUT2D eigenvalue weighted by Gasteiger charge is 2.13. The Bertz CT molecular complexity index is 1070. The van der Waals surface area contributed by atoms with E-state index in [4.69, 9.17) is 11.6 Å². The van der Waals surface area contributed by atoms with Gasteiger partial charge in [0, 0.05) is 11.6 Å². The van der Waals surface area contributed by atoms with Gasteiger partial charge in [0.25, 0.3) is 5.56 Å². The molecule has 0 bridgehead atoms. The molecule has 27 heavy (non-hydrogen) atoms. The van der Waals surface area contributed by atoms with Crippen LogP contribution in [0.25, 0.3) is 11.0 Å². The normalized spacial score (nSPS) is 11.0. The van der Waals surface area contributed by atoms with E-state index in [1.54, 1.807) is 6.92 Å². The number of carbonyl (C=O) groups excluding carboxylic acids is 1. The second-order valence-corrected chi connectivity index (χ2v) is 7.11. The molecule has 6 heteroatoms. The summed E-state index contributed by atoms with van der Waals surface area (Å²) in [6.45, 7) is 6.07. The van der Waals surface area contributed by atoms with E-state index < -0.39 is 0 Å². The second-order valence-electron chi connectivity index (χ2n) is 6.71. The van der Waals surface area contributed by atoms with E-state index in [9.17, 15) is 9.59 Å². The van der Waals surface area contributed by atoms with Gasteiger partial charge in [0.05, 0.1) is 11.0 Å². The predicted octanol–water partition coefficient (Wildman–Crippen LogP) is 3.33. The quantitative estimate of drug-likeness (QED) is 0.735. The summed E-state index contributed by atoms with van der Waals surface area (Å²) in [6.07, 6.45) is 0.634. The molecule has 0 saturated carbocycles. The highest BCUT2D eigenvalue weighted by molar-refractivity contribution is 6.31. The number of rotatable bonds is 5. The van der Waals surface area contributed by atoms with E-state index in [1.165, 1.54) is 4.57 Å². The lowest BCUT2D eigenvalue weighted by molar-refractivity contribution is -0.121. The zero-order valence-corrected chi connectivity index (χ0v) is 16.4. The first-order valence-electron chi connectivity index (χ1n) is 8.85. The van der Waals surface area contributed by atoms with Crippen LogP contribution in [-0.2, 0) is 17.8 Å². The molecule has 1 amide bonds. The summed E-state index contributed by atoms with van der Waals surface area (Å²) in [5, 5.41) is 3.55. The van der Waals surface area contributed by atoms with Crippen LogP contribution in [0.3, 0.4) is 0 Å². The van der Waals surface area contributed by atoms with Crippen LogP contribution >= 0.6 is 11.6 Å². The number of aryl methyl sites for hydroxylation is 3. The van der Waals surface area contributed by atoms with Crippen LogP contribution < -0.4 is 10.9 Å². The van der Waals surface area contributed by atoms with Gasteiger partial charge in [0.2, 0.25) is 5.91 Å². The summed E-state index contributed by atoms with van der Waals surface area (Å²) >= 11 is 6.14. The van der Waals surface area contributed by atoms with Crippen molar-refractivity contribution in [2.45, 2.75) is 33.7 Å². The van der Waals surface area contributed by atoms with Gasteiger partial charge in [0.15, 0.2) is 0 Å². The Morgan fingerprint density at radius 1 is 1.15 bits per heavy atom. The van der Waals surface area contributed by atoms with Crippen LogP contribution in [0.15, 0.2) is 41.2 Å². The van der Waals surface area contributed by atoms with Gasteiger partial charge in [-0.25, -0.2) is 4.98 Å². The average Bonchev–Trinajstić information content (AvgIpc) is 2.62. The molecule has 0 aliphatic heterocycles. The number of halogens is 1. The van der Waals surface area contributed by atoms with Gasteiger partial charge in [-0.15, -0.1) is 0 Å². The number of hydrogen-bond donors (Lipinski definition) is 1. The fraction of sp³-hybridized carbons (Fsp3) is 0.286. The number of nitrogens with zero attached hydrogens (tertiary/aromatic N) is 2. The fourth-order valence-electron chi connectivity index (χ4n) is 3.02. The molecule has 1 N–H and O–H groups in total. The van der Waals surface area contributed by atoms with Crippen molar-refractivity contribution in [3.8, 4) is 0 Å². The number of aromatic nitrogens is 2. The van der Waals surface area contributed by atoms with Crippen molar-refractivity contribution in [3.05, 3.63) is 74.2 Å². The lowest BCUT2D eigenvalue weighted by Crippen LogP contribution is -2.34. The van der Waals surface area contributed by atoms with Gasteiger partial charge in [0.1, 0.15) is 12.2 Å². The average molecular weight is 384 g/mol. The third kappa shape index (κ3) is 4.19. The molecule has 0 spiro atoms. The van der Waals surface area contributed by atoms with Crippen molar-refractivity contribution in [2.75, 3.05) is 6.54 Å². The van der Waals surface area contributed by atoms with Crippen LogP contribution in [0.2, 0.25) is 5.02 Å². The van der Waals surface area contributed by atoms with Crippen LogP contribution in [0.4, 0.5) is 0 Å². The molecular formula is C21H22ClN3O2. The number of nitrogens with one attached hydrogen (secondary N) is 1. The second kappa shape index (κ2) is 7.92. The summed E-state index contributed by atoms with van der Waals surface area (Å²) in [7, 11) is 0. The molecule has 0 atom stereocenters. The molecule has 0 radical (unpaired) electrons. The van der Waals surface area contributed by atoms with E-state index >= 15 is 0 Å². The minimum absolute atomic E-state index is 0.0380. The summed E-state index contributed by atoms with van der Waals surface area (Å²) in [4.78, 5) is 29.4. The van der Waals surface area contributed by atoms with Crippen LogP contribution in [-0.4, -0.2) is 22.0 Å². The molecule has 5 nitrogen and oxygen atoms in total. The number of hydrogen-bond acceptors (Lipinski definition) is 3. The van der Waals surface area contributed by atoms with Crippen LogP contribution in [0, 0.1) is 20.8 Å². The van der Waals surface area contributed by atoms with Gasteiger partial charge in [-0.05, 0) is 62.1 Å². The molecule has 0 unspecified atom stereocenters. The molecule has 0 fully saturated rings. The zero-order valence-electron chi connectivity index (χ0n) is 15.7. The Morgan fingerprint density at radius 3 is 2.59 bits per heavy atom. The monoisotopic (exact) mass is 383 g/mol. The first-order chi connectivity index (χ1) is 12.9. The first-order valence-corrected chi connectivity index (χ1v) is 9.23. The van der Waals surface area contributed by atoms with Crippen molar-refractivity contribution >= 4 is 28.5 Å². The lowest BCUT2D eigenvalue weighted by Gasteiger charge is -2.13. The summed E-state index contributed by atoms with van der Waals surface area (Å²) in [6, 6.07) is 11.4. The number of fused-ring (bicyclic) bond motifs is 1. The van der Waals surface area contributed by atoms with Gasteiger partial charge in [-0.1, -0.05) is 29.8 Å². The molecule has 1 heterocycles. The molecule has 2 aromatic carbocycles. The fourth-order valence-corrected chi connectivity index (χ4v) is 3.25. The number of benzene rings is 2. The first kappa shape index (κ1) is 19.1. The van der Waals surface area contributed by atoms with Crippen molar-refractivity contribution < 1.29 is 4.79 Å². The van der Waals surface area contributed by atoms with Crippen molar-refractivity contribution in [3.63, 3.8) is 0 Å². The standard InChI is InChI=1S/C21H22ClN3O2/c1-13-10-18-19(11-14(13)2)25(21(27)15(3)24-18)12-20(26)23-9-8-16-6-4-5-7-17(16)22/h4-7,10-11H,8-9,12H2,1-3H3,(H,23,26). The molecule has 3 aromatic rings. The maximum Gasteiger partial charge on any atom is 0.272 e. The predicted molar refractivity (Wildman–Crippen MR) is 108 cm³/mol. The van der Waals surface area contributed by atoms with Crippen LogP contribution in [0.5, 0.6) is 0 Å². The SMILES string of the molecule is Cc1cc2nc(C)c(=O)n(CC(=O)NCCc3ccccc3Cl)c2cc1C. The van der Waals surface area contributed by atoms with Crippen LogP contribution in [0.1, 0.15) is 22.4 Å². The third-order valence-corrected chi connectivity index (χ3v) is 5.07. The minimum Gasteiger partial charge on any atom is -0.354 e. The third-order valence-electron chi connectivity index (χ3n) is 4.70. The van der Waals surface area contributed by atoms with Crippen molar-refractivity contribution in [1.82, 2.24) is 14.9 Å². The summed E-state index contributed by atoms with van der Waals surface area (Å²) in [5.74, 6) is -0.214. The van der Waals surface area contributed by atoms with Gasteiger partial charge >= 0.3 is 0 Å². The Labute approximate surface area is 163 Å². The highest BCUT2D eigenvalue weighted by atomic mass is 35.5. The van der Waals surface area contributed by atoms with Gasteiger partial charge in [-0.2, -0.15) is 0 Å². The lowest BCUT2D eigenvalue weighted by atomic mass is 10.1. The number of amides is 1. The summed E-state index contributed by atoms with van der Waals surface area (Å²) < 4.78 is 1.49. The van der Waals surface area contributed by atoms with Gasteiger partial charge in [-0.3, -0.25) is 14.2 Å². The van der Waals surface area contributed by atoms with E-state index in [0.29, 0.717) is 29.2 Å². The Balaban J connectivity index is 1.78. The summed E-state index contributed by atoms with van der Waals surface area (Å²) in [5.41, 5.74) is 4.67. The maximum atomic E-state index is 12.6. The zero-order chi connectivity index (χ0) is 19.6. The Morgan fingerprint density at radius 2 is 1.85 bits per heavy atom. The van der Waals surface area contributed by atoms with Crippen molar-refractivity contribution in [2.24, 2.45) is 0 Å². The Hall–Kier alpha value is -2.66. The van der Waals surface area contributed by atoms with E-state index in [0.717, 1.165) is 22.2 Å². The Kier molecular flexibility index (Phi) is 5.61. The number of carbonyl (C=O) groups is 1. The van der Waals surface area contributed by atoms with E-state index in [-0.39, 0.29) is 18.0 Å². The molecule has 0 saturated heterocycles. The molecule has 1 aromatic heterocycles. The minimum atomic E-state index is -0.244. The highest BCUT2D eigenvalue weighted by Crippen LogP contribution is 2.17. The largest absolute Gasteiger partial charge is 0.354 e. The van der Waals surface area contributed by atoms with Crippen molar-refractivity contribution in [1.29, 1.82) is 0 Å². The molecule has 140 valence electrons. The van der Waals surface area contributed by atoms with E-state index in [1.807, 2.05) is 50.2 Å². The molecular weight excluding hydrogens is 362 g/mol. The molecule has 0 aliphatic carbocycles. The smallest absolute Gasteiger partial charge is 0.272 e.